The van der Waals surface area contributed by atoms with E-state index in [4.69, 9.17) is 0 Å². The second kappa shape index (κ2) is 12.6. The van der Waals surface area contributed by atoms with Gasteiger partial charge in [0.25, 0.3) is 0 Å². The Bertz CT molecular complexity index is 1680. The molecule has 44 heavy (non-hydrogen) atoms. The first kappa shape index (κ1) is 30.1. The Morgan fingerprint density at radius 3 is 2.52 bits per heavy atom. The van der Waals surface area contributed by atoms with Gasteiger partial charge in [-0.1, -0.05) is 0 Å². The molecule has 2 aliphatic heterocycles. The minimum atomic E-state index is -4.27. The Balaban J connectivity index is 1.07. The molecule has 2 saturated heterocycles. The summed E-state index contributed by atoms with van der Waals surface area (Å²) in [5.41, 5.74) is 2.16. The quantitative estimate of drug-likeness (QED) is 0.266. The number of thiophene rings is 1. The van der Waals surface area contributed by atoms with Gasteiger partial charge < -0.3 is 19.9 Å². The minimum absolute atomic E-state index is 0.111. The molecule has 4 aromatic rings. The maximum Gasteiger partial charge on any atom is 0.393 e. The van der Waals surface area contributed by atoms with Crippen LogP contribution in [0.3, 0.4) is 0 Å². The molecule has 0 spiro atoms. The molecular weight excluding hydrogens is 593 g/mol. The molecule has 1 amide bonds. The van der Waals surface area contributed by atoms with Crippen molar-refractivity contribution in [2.45, 2.75) is 44.6 Å². The van der Waals surface area contributed by atoms with E-state index in [1.54, 1.807) is 11.0 Å². The number of fused-ring (bicyclic) bond motifs is 2. The first-order chi connectivity index (χ1) is 21.2. The third-order valence-corrected chi connectivity index (χ3v) is 9.53. The highest BCUT2D eigenvalue weighted by Gasteiger charge is 2.29. The molecule has 2 aliphatic rings. The largest absolute Gasteiger partial charge is 0.508 e. The highest BCUT2D eigenvalue weighted by Crippen LogP contribution is 2.34. The van der Waals surface area contributed by atoms with E-state index in [2.05, 4.69) is 31.2 Å². The molecule has 2 fully saturated rings. The molecule has 0 aliphatic carbocycles. The van der Waals surface area contributed by atoms with E-state index in [1.807, 2.05) is 16.7 Å². The lowest BCUT2D eigenvalue weighted by atomic mass is 10.0. The molecule has 0 bridgehead atoms. The highest BCUT2D eigenvalue weighted by atomic mass is 32.1. The summed E-state index contributed by atoms with van der Waals surface area (Å²) in [6, 6.07) is 9.51. The average Bonchev–Trinajstić information content (AvgIpc) is 3.57. The molecule has 14 heteroatoms. The molecule has 3 aromatic heterocycles. The van der Waals surface area contributed by atoms with E-state index in [1.165, 1.54) is 12.4 Å². The van der Waals surface area contributed by atoms with Crippen molar-refractivity contribution < 1.29 is 23.1 Å². The SMILES string of the molecule is N#Cc1cc2cc(CN3CCC(Nc4ncnc5sc(CC(F)(F)F)cc45)CC3)c(O)cc2n1CCN1CCN(C=O)CC1. The van der Waals surface area contributed by atoms with Gasteiger partial charge in [-0.25, -0.2) is 9.97 Å². The highest BCUT2D eigenvalue weighted by molar-refractivity contribution is 7.18. The van der Waals surface area contributed by atoms with Gasteiger partial charge >= 0.3 is 6.18 Å². The molecular formula is C30H33F3N8O2S. The van der Waals surface area contributed by atoms with Gasteiger partial charge in [0, 0.05) is 86.8 Å². The van der Waals surface area contributed by atoms with Crippen LogP contribution in [0.25, 0.3) is 21.1 Å². The fourth-order valence-corrected chi connectivity index (χ4v) is 7.14. The van der Waals surface area contributed by atoms with E-state index in [0.29, 0.717) is 47.9 Å². The third-order valence-electron chi connectivity index (χ3n) is 8.49. The predicted molar refractivity (Wildman–Crippen MR) is 161 cm³/mol. The van der Waals surface area contributed by atoms with Gasteiger partial charge in [0.2, 0.25) is 6.41 Å². The Hall–Kier alpha value is -3.93. The van der Waals surface area contributed by atoms with Crippen molar-refractivity contribution in [2.75, 3.05) is 51.1 Å². The van der Waals surface area contributed by atoms with Crippen LogP contribution in [-0.2, 0) is 24.3 Å². The lowest BCUT2D eigenvalue weighted by Gasteiger charge is -2.33. The summed E-state index contributed by atoms with van der Waals surface area (Å²) in [6.45, 7) is 6.45. The number of nitriles is 1. The fourth-order valence-electron chi connectivity index (χ4n) is 6.11. The van der Waals surface area contributed by atoms with Gasteiger partial charge in [-0.05, 0) is 31.0 Å². The van der Waals surface area contributed by atoms with Crippen LogP contribution in [-0.4, -0.2) is 98.8 Å². The average molecular weight is 627 g/mol. The lowest BCUT2D eigenvalue weighted by Crippen LogP contribution is -2.46. The molecule has 5 heterocycles. The number of aromatic hydroxyl groups is 1. The topological polar surface area (TPSA) is 114 Å². The van der Waals surface area contributed by atoms with Gasteiger partial charge in [0.1, 0.15) is 34.5 Å². The molecule has 0 unspecified atom stereocenters. The zero-order valence-electron chi connectivity index (χ0n) is 24.1. The maximum absolute atomic E-state index is 12.9. The van der Waals surface area contributed by atoms with Gasteiger partial charge in [0.05, 0.1) is 17.3 Å². The van der Waals surface area contributed by atoms with Crippen molar-refractivity contribution in [3.63, 3.8) is 0 Å². The number of aromatic nitrogens is 3. The van der Waals surface area contributed by atoms with E-state index in [-0.39, 0.29) is 16.7 Å². The number of anilines is 1. The number of phenolic OH excluding ortho intramolecular Hbond substituents is 1. The second-order valence-corrected chi connectivity index (χ2v) is 12.6. The van der Waals surface area contributed by atoms with Crippen LogP contribution in [0.2, 0.25) is 0 Å². The number of likely N-dealkylation sites (tertiary alicyclic amines) is 1. The standard InChI is InChI=1S/C30H33F3N8O2S/c31-30(32,33)15-24-13-25-28(35-18-36-29(25)44-24)37-22-1-3-39(4-2-22)17-21-11-20-12-23(16-34)41(26(20)14-27(21)43)10-9-38-5-7-40(19-42)8-6-38/h11-14,18-19,22,43H,1-10,15,17H2,(H,35,36,37). The number of carbonyl (C=O) groups is 1. The smallest absolute Gasteiger partial charge is 0.393 e. The number of nitrogens with one attached hydrogen (secondary N) is 1. The van der Waals surface area contributed by atoms with Gasteiger partial charge in [0.15, 0.2) is 0 Å². The Morgan fingerprint density at radius 1 is 1.05 bits per heavy atom. The van der Waals surface area contributed by atoms with Crippen LogP contribution in [0.1, 0.15) is 29.0 Å². The monoisotopic (exact) mass is 626 g/mol. The van der Waals surface area contributed by atoms with Crippen molar-refractivity contribution in [3.8, 4) is 11.8 Å². The molecule has 0 saturated carbocycles. The summed E-state index contributed by atoms with van der Waals surface area (Å²) < 4.78 is 40.6. The second-order valence-electron chi connectivity index (χ2n) is 11.5. The number of benzene rings is 1. The number of hydrogen-bond acceptors (Lipinski definition) is 9. The van der Waals surface area contributed by atoms with E-state index in [9.17, 15) is 28.3 Å². The van der Waals surface area contributed by atoms with Crippen molar-refractivity contribution >= 4 is 44.7 Å². The number of piperazine rings is 1. The maximum atomic E-state index is 12.9. The molecule has 2 N–H and O–H groups in total. The number of piperidine rings is 1. The zero-order valence-corrected chi connectivity index (χ0v) is 24.9. The summed E-state index contributed by atoms with van der Waals surface area (Å²) in [5.74, 6) is 0.749. The number of carbonyl (C=O) groups excluding carboxylic acids is 1. The van der Waals surface area contributed by atoms with Crippen LogP contribution in [0.15, 0.2) is 30.6 Å². The van der Waals surface area contributed by atoms with E-state index in [0.717, 1.165) is 79.8 Å². The van der Waals surface area contributed by atoms with Crippen molar-refractivity contribution in [2.24, 2.45) is 0 Å². The van der Waals surface area contributed by atoms with Gasteiger partial charge in [-0.3, -0.25) is 14.6 Å². The summed E-state index contributed by atoms with van der Waals surface area (Å²) in [4.78, 5) is 26.5. The van der Waals surface area contributed by atoms with Gasteiger partial charge in [-0.2, -0.15) is 18.4 Å². The lowest BCUT2D eigenvalue weighted by molar-refractivity contribution is -0.126. The number of amides is 1. The van der Waals surface area contributed by atoms with Gasteiger partial charge in [-0.15, -0.1) is 11.3 Å². The first-order valence-electron chi connectivity index (χ1n) is 14.6. The molecule has 6 rings (SSSR count). The molecule has 0 atom stereocenters. The fraction of sp³-hybridized carbons (Fsp3) is 0.467. The Morgan fingerprint density at radius 2 is 1.82 bits per heavy atom. The van der Waals surface area contributed by atoms with Crippen LogP contribution >= 0.6 is 11.3 Å². The summed E-state index contributed by atoms with van der Waals surface area (Å²) in [7, 11) is 0. The number of nitrogens with zero attached hydrogens (tertiary/aromatic N) is 7. The molecule has 232 valence electrons. The molecule has 10 nitrogen and oxygen atoms in total. The Labute approximate surface area is 256 Å². The number of phenols is 1. The zero-order chi connectivity index (χ0) is 30.8. The Kier molecular flexibility index (Phi) is 8.61. The minimum Gasteiger partial charge on any atom is -0.508 e. The van der Waals surface area contributed by atoms with Crippen LogP contribution in [0.5, 0.6) is 5.75 Å². The summed E-state index contributed by atoms with van der Waals surface area (Å²) >= 11 is 1.04. The van der Waals surface area contributed by atoms with Crippen molar-refractivity contribution in [3.05, 3.63) is 46.7 Å². The normalized spacial score (nSPS) is 17.4. The van der Waals surface area contributed by atoms with Crippen LogP contribution < -0.4 is 5.32 Å². The predicted octanol–water partition coefficient (Wildman–Crippen LogP) is 4.18. The number of alkyl halides is 3. The van der Waals surface area contributed by atoms with E-state index < -0.39 is 12.6 Å². The van der Waals surface area contributed by atoms with Crippen LogP contribution in [0.4, 0.5) is 19.0 Å². The van der Waals surface area contributed by atoms with E-state index >= 15 is 0 Å². The van der Waals surface area contributed by atoms with Crippen molar-refractivity contribution in [1.82, 2.24) is 29.2 Å². The summed E-state index contributed by atoms with van der Waals surface area (Å²) in [5, 5.41) is 25.7. The third kappa shape index (κ3) is 6.74. The summed E-state index contributed by atoms with van der Waals surface area (Å²) in [6.07, 6.45) is -1.37. The molecule has 1 aromatic carbocycles. The van der Waals surface area contributed by atoms with Crippen molar-refractivity contribution in [1.29, 1.82) is 5.26 Å². The molecule has 0 radical (unpaired) electrons. The number of rotatable bonds is 9. The number of halogens is 3. The van der Waals surface area contributed by atoms with Crippen LogP contribution in [0, 0.1) is 11.3 Å². The number of hydrogen-bond donors (Lipinski definition) is 2. The first-order valence-corrected chi connectivity index (χ1v) is 15.5.